The van der Waals surface area contributed by atoms with Crippen molar-refractivity contribution < 1.29 is 14.0 Å². The van der Waals surface area contributed by atoms with Crippen LogP contribution in [0.25, 0.3) is 11.1 Å². The van der Waals surface area contributed by atoms with Crippen molar-refractivity contribution in [3.05, 3.63) is 83.9 Å². The molecule has 0 bridgehead atoms. The number of hydrogen-bond acceptors (Lipinski definition) is 3. The Labute approximate surface area is 155 Å². The molecule has 1 atom stereocenters. The number of carbonyl (C=O) groups is 2. The van der Waals surface area contributed by atoms with Crippen LogP contribution in [0.1, 0.15) is 15.9 Å². The van der Waals surface area contributed by atoms with Crippen molar-refractivity contribution in [2.45, 2.75) is 12.5 Å². The minimum atomic E-state index is -0.736. The number of carbonyl (C=O) groups excluding carboxylic acids is 2. The minimum Gasteiger partial charge on any atom is -0.340 e. The summed E-state index contributed by atoms with van der Waals surface area (Å²) in [4.78, 5) is 28.8. The molecule has 0 aliphatic carbocycles. The van der Waals surface area contributed by atoms with Crippen LogP contribution < -0.4 is 10.6 Å². The molecule has 134 valence electrons. The van der Waals surface area contributed by atoms with E-state index in [-0.39, 0.29) is 11.5 Å². The van der Waals surface area contributed by atoms with Crippen molar-refractivity contribution in [1.82, 2.24) is 10.3 Å². The first-order valence-electron chi connectivity index (χ1n) is 8.51. The van der Waals surface area contributed by atoms with Crippen LogP contribution in [0, 0.1) is 5.82 Å². The maximum Gasteiger partial charge on any atom is 0.254 e. The Morgan fingerprint density at radius 1 is 0.926 bits per heavy atom. The third-order valence-corrected chi connectivity index (χ3v) is 4.51. The predicted octanol–water partition coefficient (Wildman–Crippen LogP) is 3.18. The minimum absolute atomic E-state index is 0.124. The highest BCUT2D eigenvalue weighted by atomic mass is 19.1. The summed E-state index contributed by atoms with van der Waals surface area (Å²) in [5, 5.41) is 5.37. The van der Waals surface area contributed by atoms with Crippen LogP contribution in [0.3, 0.4) is 0 Å². The standard InChI is InChI=1S/C21H16FN3O2/c22-16-5-6-18-17(12-16)20(26)25-19(21(27)24-18)11-13-1-3-14(4-2-13)15-7-9-23-10-8-15/h1-10,12,19H,11H2,(H,24,27)(H,25,26). The van der Waals surface area contributed by atoms with Gasteiger partial charge in [0.05, 0.1) is 11.3 Å². The zero-order valence-corrected chi connectivity index (χ0v) is 14.3. The zero-order chi connectivity index (χ0) is 18.8. The number of fused-ring (bicyclic) bond motifs is 1. The second-order valence-electron chi connectivity index (χ2n) is 6.34. The highest BCUT2D eigenvalue weighted by Crippen LogP contribution is 2.22. The van der Waals surface area contributed by atoms with Gasteiger partial charge in [-0.2, -0.15) is 0 Å². The van der Waals surface area contributed by atoms with Crippen molar-refractivity contribution in [2.75, 3.05) is 5.32 Å². The molecule has 5 nitrogen and oxygen atoms in total. The molecule has 0 fully saturated rings. The van der Waals surface area contributed by atoms with Crippen LogP contribution in [0.5, 0.6) is 0 Å². The predicted molar refractivity (Wildman–Crippen MR) is 99.7 cm³/mol. The molecule has 1 unspecified atom stereocenters. The van der Waals surface area contributed by atoms with Crippen LogP contribution in [0.2, 0.25) is 0 Å². The average Bonchev–Trinajstić information content (AvgIpc) is 2.80. The summed E-state index contributed by atoms with van der Waals surface area (Å²) < 4.78 is 13.4. The molecule has 2 aromatic carbocycles. The number of nitrogens with one attached hydrogen (secondary N) is 2. The van der Waals surface area contributed by atoms with Crippen LogP contribution >= 0.6 is 0 Å². The normalized spacial score (nSPS) is 16.1. The molecule has 0 radical (unpaired) electrons. The van der Waals surface area contributed by atoms with Gasteiger partial charge in [0.15, 0.2) is 0 Å². The van der Waals surface area contributed by atoms with Gasteiger partial charge in [0.2, 0.25) is 5.91 Å². The molecular weight excluding hydrogens is 345 g/mol. The Morgan fingerprint density at radius 3 is 2.37 bits per heavy atom. The Hall–Kier alpha value is -3.54. The highest BCUT2D eigenvalue weighted by molar-refractivity contribution is 6.09. The van der Waals surface area contributed by atoms with E-state index in [2.05, 4.69) is 15.6 Å². The molecular formula is C21H16FN3O2. The molecule has 2 N–H and O–H groups in total. The van der Waals surface area contributed by atoms with Crippen molar-refractivity contribution >= 4 is 17.5 Å². The zero-order valence-electron chi connectivity index (χ0n) is 14.3. The number of amides is 2. The number of hydrogen-bond donors (Lipinski definition) is 2. The van der Waals surface area contributed by atoms with Crippen LogP contribution in [0.4, 0.5) is 10.1 Å². The third kappa shape index (κ3) is 3.55. The number of aromatic nitrogens is 1. The SMILES string of the molecule is O=C1NC(Cc2ccc(-c3ccncc3)cc2)C(=O)Nc2ccc(F)cc21. The molecule has 4 rings (SSSR count). The number of halogens is 1. The van der Waals surface area contributed by atoms with E-state index in [1.165, 1.54) is 12.1 Å². The lowest BCUT2D eigenvalue weighted by Crippen LogP contribution is -2.42. The second-order valence-corrected chi connectivity index (χ2v) is 6.34. The molecule has 1 aromatic heterocycles. The molecule has 6 heteroatoms. The van der Waals surface area contributed by atoms with Gasteiger partial charge in [0, 0.05) is 18.8 Å². The van der Waals surface area contributed by atoms with Gasteiger partial charge in [-0.1, -0.05) is 24.3 Å². The lowest BCUT2D eigenvalue weighted by Gasteiger charge is -2.15. The van der Waals surface area contributed by atoms with E-state index < -0.39 is 17.8 Å². The molecule has 0 spiro atoms. The van der Waals surface area contributed by atoms with E-state index in [0.29, 0.717) is 12.1 Å². The first-order valence-corrected chi connectivity index (χ1v) is 8.51. The summed E-state index contributed by atoms with van der Waals surface area (Å²) in [6.07, 6.45) is 3.80. The van der Waals surface area contributed by atoms with Gasteiger partial charge in [-0.3, -0.25) is 14.6 Å². The summed E-state index contributed by atoms with van der Waals surface area (Å²) in [7, 11) is 0. The van der Waals surface area contributed by atoms with E-state index in [1.807, 2.05) is 36.4 Å². The number of rotatable bonds is 3. The molecule has 1 aliphatic rings. The smallest absolute Gasteiger partial charge is 0.254 e. The van der Waals surface area contributed by atoms with Gasteiger partial charge in [0.1, 0.15) is 11.9 Å². The van der Waals surface area contributed by atoms with Crippen molar-refractivity contribution in [2.24, 2.45) is 0 Å². The maximum absolute atomic E-state index is 13.4. The first kappa shape index (κ1) is 16.9. The number of nitrogens with zero attached hydrogens (tertiary/aromatic N) is 1. The number of anilines is 1. The Morgan fingerprint density at radius 2 is 1.63 bits per heavy atom. The number of pyridine rings is 1. The monoisotopic (exact) mass is 361 g/mol. The second kappa shape index (κ2) is 6.99. The van der Waals surface area contributed by atoms with E-state index in [9.17, 15) is 14.0 Å². The highest BCUT2D eigenvalue weighted by Gasteiger charge is 2.28. The van der Waals surface area contributed by atoms with Gasteiger partial charge in [-0.25, -0.2) is 4.39 Å². The van der Waals surface area contributed by atoms with Crippen LogP contribution in [0.15, 0.2) is 67.0 Å². The molecule has 1 aliphatic heterocycles. The fourth-order valence-electron chi connectivity index (χ4n) is 3.09. The summed E-state index contributed by atoms with van der Waals surface area (Å²) in [6.45, 7) is 0. The fourth-order valence-corrected chi connectivity index (χ4v) is 3.09. The molecule has 0 saturated carbocycles. The average molecular weight is 361 g/mol. The van der Waals surface area contributed by atoms with Crippen molar-refractivity contribution in [1.29, 1.82) is 0 Å². The van der Waals surface area contributed by atoms with E-state index >= 15 is 0 Å². The summed E-state index contributed by atoms with van der Waals surface area (Å²) in [5.74, 6) is -1.32. The molecule has 3 aromatic rings. The van der Waals surface area contributed by atoms with Gasteiger partial charge in [-0.15, -0.1) is 0 Å². The molecule has 2 amide bonds. The van der Waals surface area contributed by atoms with Crippen molar-refractivity contribution in [3.63, 3.8) is 0 Å². The lowest BCUT2D eigenvalue weighted by molar-refractivity contribution is -0.117. The van der Waals surface area contributed by atoms with Crippen LogP contribution in [-0.2, 0) is 11.2 Å². The van der Waals surface area contributed by atoms with E-state index in [0.717, 1.165) is 22.8 Å². The van der Waals surface area contributed by atoms with Gasteiger partial charge in [-0.05, 0) is 47.0 Å². The molecule has 27 heavy (non-hydrogen) atoms. The molecule has 0 saturated heterocycles. The Kier molecular flexibility index (Phi) is 4.38. The third-order valence-electron chi connectivity index (χ3n) is 4.51. The Bertz CT molecular complexity index is 1000. The summed E-state index contributed by atoms with van der Waals surface area (Å²) in [5.41, 5.74) is 3.44. The first-order chi connectivity index (χ1) is 13.1. The van der Waals surface area contributed by atoms with Gasteiger partial charge < -0.3 is 10.6 Å². The number of benzene rings is 2. The topological polar surface area (TPSA) is 71.1 Å². The van der Waals surface area contributed by atoms with E-state index in [1.54, 1.807) is 12.4 Å². The lowest BCUT2D eigenvalue weighted by atomic mass is 10.0. The van der Waals surface area contributed by atoms with Crippen molar-refractivity contribution in [3.8, 4) is 11.1 Å². The van der Waals surface area contributed by atoms with Gasteiger partial charge >= 0.3 is 0 Å². The molecule has 2 heterocycles. The summed E-state index contributed by atoms with van der Waals surface area (Å²) >= 11 is 0. The largest absolute Gasteiger partial charge is 0.340 e. The van der Waals surface area contributed by atoms with Gasteiger partial charge in [0.25, 0.3) is 5.91 Å². The maximum atomic E-state index is 13.4. The fraction of sp³-hybridized carbons (Fsp3) is 0.0952. The Balaban J connectivity index is 1.53. The summed E-state index contributed by atoms with van der Waals surface area (Å²) in [6, 6.07) is 14.6. The van der Waals surface area contributed by atoms with Crippen LogP contribution in [-0.4, -0.2) is 22.8 Å². The quantitative estimate of drug-likeness (QED) is 0.753. The van der Waals surface area contributed by atoms with E-state index in [4.69, 9.17) is 0 Å².